The standard InChI is InChI=1S/C17H19N3O5S/c1-13-5-6-14(26(2,23)24)11-15(13)17(22)25-12-16(21)20(9-3-7-18)10-4-8-19/h5-6,11H,3-4,9-10,12H2,1-2H3. The molecule has 0 bridgehead atoms. The Morgan fingerprint density at radius 3 is 2.23 bits per heavy atom. The van der Waals surface area contributed by atoms with Crippen LogP contribution in [-0.4, -0.2) is 51.1 Å². The van der Waals surface area contributed by atoms with Gasteiger partial charge in [0.2, 0.25) is 0 Å². The van der Waals surface area contributed by atoms with Crippen molar-refractivity contribution in [3.63, 3.8) is 0 Å². The van der Waals surface area contributed by atoms with E-state index in [2.05, 4.69) is 0 Å². The van der Waals surface area contributed by atoms with Gasteiger partial charge in [0.05, 0.1) is 35.4 Å². The predicted octanol–water partition coefficient (Wildman–Crippen LogP) is 1.21. The molecule has 0 radical (unpaired) electrons. The van der Waals surface area contributed by atoms with Gasteiger partial charge in [-0.25, -0.2) is 13.2 Å². The van der Waals surface area contributed by atoms with Crippen LogP contribution in [0.3, 0.4) is 0 Å². The minimum absolute atomic E-state index is 0.0222. The van der Waals surface area contributed by atoms with Crippen LogP contribution in [0.25, 0.3) is 0 Å². The number of aryl methyl sites for hydroxylation is 1. The maximum absolute atomic E-state index is 12.2. The first-order chi connectivity index (χ1) is 12.2. The summed E-state index contributed by atoms with van der Waals surface area (Å²) in [6.07, 6.45) is 1.22. The van der Waals surface area contributed by atoms with Crippen molar-refractivity contribution < 1.29 is 22.7 Å². The van der Waals surface area contributed by atoms with Crippen LogP contribution in [0.2, 0.25) is 0 Å². The van der Waals surface area contributed by atoms with Gasteiger partial charge in [0, 0.05) is 19.3 Å². The lowest BCUT2D eigenvalue weighted by Crippen LogP contribution is -2.36. The highest BCUT2D eigenvalue weighted by Crippen LogP contribution is 2.16. The molecule has 1 aromatic carbocycles. The zero-order valence-electron chi connectivity index (χ0n) is 14.6. The summed E-state index contributed by atoms with van der Waals surface area (Å²) in [7, 11) is -3.49. The summed E-state index contributed by atoms with van der Waals surface area (Å²) in [5.74, 6) is -1.34. The molecule has 0 spiro atoms. The molecule has 1 aromatic rings. The molecule has 138 valence electrons. The van der Waals surface area contributed by atoms with E-state index in [0.29, 0.717) is 5.56 Å². The summed E-state index contributed by atoms with van der Waals surface area (Å²) in [4.78, 5) is 25.6. The fourth-order valence-electron chi connectivity index (χ4n) is 2.08. The van der Waals surface area contributed by atoms with E-state index >= 15 is 0 Å². The maximum Gasteiger partial charge on any atom is 0.338 e. The third-order valence-electron chi connectivity index (χ3n) is 3.52. The van der Waals surface area contributed by atoms with E-state index in [1.165, 1.54) is 23.1 Å². The van der Waals surface area contributed by atoms with E-state index in [-0.39, 0.29) is 36.4 Å². The quantitative estimate of drug-likeness (QED) is 0.623. The number of rotatable bonds is 8. The third-order valence-corrected chi connectivity index (χ3v) is 4.63. The van der Waals surface area contributed by atoms with Gasteiger partial charge in [-0.1, -0.05) is 6.07 Å². The average molecular weight is 377 g/mol. The lowest BCUT2D eigenvalue weighted by molar-refractivity contribution is -0.134. The molecule has 0 aliphatic rings. The van der Waals surface area contributed by atoms with Crippen LogP contribution in [0.15, 0.2) is 23.1 Å². The van der Waals surface area contributed by atoms with Crippen LogP contribution in [0, 0.1) is 29.6 Å². The minimum atomic E-state index is -3.49. The third kappa shape index (κ3) is 6.19. The van der Waals surface area contributed by atoms with E-state index < -0.39 is 28.3 Å². The Balaban J connectivity index is 2.83. The molecule has 0 aliphatic carbocycles. The number of hydrogen-bond acceptors (Lipinski definition) is 7. The monoisotopic (exact) mass is 377 g/mol. The molecule has 0 heterocycles. The Labute approximate surface area is 152 Å². The highest BCUT2D eigenvalue weighted by Gasteiger charge is 2.19. The van der Waals surface area contributed by atoms with Gasteiger partial charge in [-0.2, -0.15) is 10.5 Å². The topological polar surface area (TPSA) is 128 Å². The zero-order valence-corrected chi connectivity index (χ0v) is 15.4. The smallest absolute Gasteiger partial charge is 0.338 e. The van der Waals surface area contributed by atoms with Crippen molar-refractivity contribution in [2.75, 3.05) is 26.0 Å². The molecule has 0 atom stereocenters. The second-order valence-corrected chi connectivity index (χ2v) is 7.54. The van der Waals surface area contributed by atoms with Crippen LogP contribution >= 0.6 is 0 Å². The molecule has 9 heteroatoms. The molecule has 26 heavy (non-hydrogen) atoms. The number of hydrogen-bond donors (Lipinski definition) is 0. The van der Waals surface area contributed by atoms with Gasteiger partial charge in [0.1, 0.15) is 0 Å². The first-order valence-corrected chi connectivity index (χ1v) is 9.59. The molecule has 0 unspecified atom stereocenters. The van der Waals surface area contributed by atoms with Crippen molar-refractivity contribution in [3.05, 3.63) is 29.3 Å². The van der Waals surface area contributed by atoms with Crippen molar-refractivity contribution in [2.45, 2.75) is 24.7 Å². The number of sulfone groups is 1. The van der Waals surface area contributed by atoms with Crippen molar-refractivity contribution in [1.82, 2.24) is 4.90 Å². The molecule has 8 nitrogen and oxygen atoms in total. The highest BCUT2D eigenvalue weighted by molar-refractivity contribution is 7.90. The zero-order chi connectivity index (χ0) is 19.7. The first kappa shape index (κ1) is 21.1. The first-order valence-electron chi connectivity index (χ1n) is 7.70. The number of ether oxygens (including phenoxy) is 1. The molecule has 0 saturated carbocycles. The molecule has 1 amide bonds. The predicted molar refractivity (Wildman–Crippen MR) is 91.6 cm³/mol. The average Bonchev–Trinajstić information content (AvgIpc) is 2.58. The summed E-state index contributed by atoms with van der Waals surface area (Å²) >= 11 is 0. The summed E-state index contributed by atoms with van der Waals surface area (Å²) < 4.78 is 28.2. The SMILES string of the molecule is Cc1ccc(S(C)(=O)=O)cc1C(=O)OCC(=O)N(CCC#N)CCC#N. The van der Waals surface area contributed by atoms with E-state index in [0.717, 1.165) is 6.26 Å². The number of benzene rings is 1. The van der Waals surface area contributed by atoms with Crippen molar-refractivity contribution in [1.29, 1.82) is 10.5 Å². The van der Waals surface area contributed by atoms with Crippen molar-refractivity contribution in [3.8, 4) is 12.1 Å². The summed E-state index contributed by atoms with van der Waals surface area (Å²) in [6, 6.07) is 7.90. The lowest BCUT2D eigenvalue weighted by Gasteiger charge is -2.20. The fourth-order valence-corrected chi connectivity index (χ4v) is 2.73. The number of carbonyl (C=O) groups is 2. The van der Waals surface area contributed by atoms with Gasteiger partial charge in [0.15, 0.2) is 16.4 Å². The largest absolute Gasteiger partial charge is 0.452 e. The van der Waals surface area contributed by atoms with Crippen LogP contribution in [0.4, 0.5) is 0 Å². The van der Waals surface area contributed by atoms with E-state index in [1.807, 2.05) is 12.1 Å². The molecule has 0 N–H and O–H groups in total. The van der Waals surface area contributed by atoms with E-state index in [1.54, 1.807) is 6.92 Å². The summed E-state index contributed by atoms with van der Waals surface area (Å²) in [5.41, 5.74) is 0.571. The summed E-state index contributed by atoms with van der Waals surface area (Å²) in [5, 5.41) is 17.2. The van der Waals surface area contributed by atoms with Crippen LogP contribution in [0.1, 0.15) is 28.8 Å². The number of amides is 1. The Morgan fingerprint density at radius 1 is 1.15 bits per heavy atom. The molecule has 0 saturated heterocycles. The van der Waals surface area contributed by atoms with E-state index in [9.17, 15) is 18.0 Å². The molecular weight excluding hydrogens is 358 g/mol. The number of carbonyl (C=O) groups excluding carboxylic acids is 2. The molecule has 0 fully saturated rings. The normalized spacial score (nSPS) is 10.5. The van der Waals surface area contributed by atoms with Crippen molar-refractivity contribution in [2.24, 2.45) is 0 Å². The minimum Gasteiger partial charge on any atom is -0.452 e. The highest BCUT2D eigenvalue weighted by atomic mass is 32.2. The summed E-state index contributed by atoms with van der Waals surface area (Å²) in [6.45, 7) is 1.34. The van der Waals surface area contributed by atoms with E-state index in [4.69, 9.17) is 15.3 Å². The Kier molecular flexibility index (Phi) is 7.76. The van der Waals surface area contributed by atoms with Crippen LogP contribution in [0.5, 0.6) is 0 Å². The molecule has 0 aromatic heterocycles. The van der Waals surface area contributed by atoms with Gasteiger partial charge in [-0.15, -0.1) is 0 Å². The van der Waals surface area contributed by atoms with Crippen LogP contribution in [-0.2, 0) is 19.4 Å². The lowest BCUT2D eigenvalue weighted by atomic mass is 10.1. The Hall–Kier alpha value is -2.91. The fraction of sp³-hybridized carbons (Fsp3) is 0.412. The molecule has 0 aliphatic heterocycles. The Morgan fingerprint density at radius 2 is 1.73 bits per heavy atom. The van der Waals surface area contributed by atoms with Crippen LogP contribution < -0.4 is 0 Å². The van der Waals surface area contributed by atoms with Gasteiger partial charge >= 0.3 is 5.97 Å². The number of esters is 1. The van der Waals surface area contributed by atoms with Gasteiger partial charge in [-0.3, -0.25) is 4.79 Å². The molecule has 1 rings (SSSR count). The van der Waals surface area contributed by atoms with Gasteiger partial charge < -0.3 is 9.64 Å². The van der Waals surface area contributed by atoms with Gasteiger partial charge in [0.25, 0.3) is 5.91 Å². The Bertz CT molecular complexity index is 847. The second-order valence-electron chi connectivity index (χ2n) is 5.52. The number of nitrogens with zero attached hydrogens (tertiary/aromatic N) is 3. The maximum atomic E-state index is 12.2. The molecular formula is C17H19N3O5S. The van der Waals surface area contributed by atoms with Gasteiger partial charge in [-0.05, 0) is 24.6 Å². The second kappa shape index (κ2) is 9.54. The number of nitriles is 2. The van der Waals surface area contributed by atoms with Crippen molar-refractivity contribution >= 4 is 21.7 Å².